The molecule has 0 aliphatic carbocycles. The van der Waals surface area contributed by atoms with Crippen molar-refractivity contribution < 1.29 is 32.1 Å². The minimum Gasteiger partial charge on any atom is -0.519 e. The van der Waals surface area contributed by atoms with E-state index in [1.807, 2.05) is 6.07 Å². The minimum atomic E-state index is -3.61. The van der Waals surface area contributed by atoms with Crippen LogP contribution in [-0.2, 0) is 21.1 Å². The zero-order chi connectivity index (χ0) is 29.4. The maximum atomic E-state index is 12.1. The van der Waals surface area contributed by atoms with Gasteiger partial charge in [-0.15, -0.1) is 0 Å². The predicted molar refractivity (Wildman–Crippen MR) is 152 cm³/mol. The molecule has 0 heterocycles. The molecule has 0 saturated heterocycles. The van der Waals surface area contributed by atoms with Crippen LogP contribution in [0.15, 0.2) is 94.7 Å². The molecule has 0 spiro atoms. The lowest BCUT2D eigenvalue weighted by molar-refractivity contribution is 0.470. The van der Waals surface area contributed by atoms with Crippen LogP contribution < -0.4 is 8.91 Å². The summed E-state index contributed by atoms with van der Waals surface area (Å²) in [7, 11) is -3.61. The summed E-state index contributed by atoms with van der Waals surface area (Å²) in [6.45, 7) is 10.1. The van der Waals surface area contributed by atoms with E-state index in [1.165, 1.54) is 61.5 Å². The molecule has 4 rings (SSSR count). The maximum Gasteiger partial charge on any atom is 0.261 e. The number of benzene rings is 4. The molecule has 206 valence electrons. The molecule has 0 aliphatic rings. The third kappa shape index (κ3) is 7.59. The number of rotatable bonds is 7. The number of phenols is 3. The van der Waals surface area contributed by atoms with Crippen LogP contribution in [0, 0.1) is 18.9 Å². The summed E-state index contributed by atoms with van der Waals surface area (Å²) in [5.41, 5.74) is 1.43. The third-order valence-electron chi connectivity index (χ3n) is 5.31. The van der Waals surface area contributed by atoms with Crippen LogP contribution in [0.25, 0.3) is 4.85 Å². The molecule has 0 bridgehead atoms. The second-order valence-corrected chi connectivity index (χ2v) is 11.1. The molecule has 12 heteroatoms. The third-order valence-corrected chi connectivity index (χ3v) is 7.67. The lowest BCUT2D eigenvalue weighted by atomic mass is 10.1. The summed E-state index contributed by atoms with van der Waals surface area (Å²) in [5.74, 6) is 0.0384. The molecule has 0 aromatic heterocycles. The van der Waals surface area contributed by atoms with Crippen LogP contribution >= 0.6 is 0 Å². The van der Waals surface area contributed by atoms with Gasteiger partial charge in [-0.3, -0.25) is 4.72 Å². The smallest absolute Gasteiger partial charge is 0.261 e. The minimum absolute atomic E-state index is 0.0174. The quantitative estimate of drug-likeness (QED) is 0.140. The van der Waals surface area contributed by atoms with Crippen molar-refractivity contribution >= 4 is 38.2 Å². The molecule has 1 unspecified atom stereocenters. The number of nitrogens with zero attached hydrogens (tertiary/aromatic N) is 1. The first-order valence-corrected chi connectivity index (χ1v) is 14.0. The van der Waals surface area contributed by atoms with Gasteiger partial charge in [-0.05, 0) is 86.1 Å². The van der Waals surface area contributed by atoms with Gasteiger partial charge >= 0.3 is 0 Å². The lowest BCUT2D eigenvalue weighted by Crippen LogP contribution is -2.12. The van der Waals surface area contributed by atoms with Crippen LogP contribution in [0.2, 0.25) is 0 Å². The van der Waals surface area contributed by atoms with Crippen LogP contribution in [-0.4, -0.2) is 33.7 Å². The van der Waals surface area contributed by atoms with Crippen molar-refractivity contribution in [2.45, 2.75) is 23.6 Å². The molecule has 40 heavy (non-hydrogen) atoms. The molecule has 0 aliphatic heterocycles. The number of phenolic OH excluding ortho intramolecular Hbond substituents is 3. The Morgan fingerprint density at radius 2 is 1.57 bits per heavy atom. The Kier molecular flexibility index (Phi) is 9.50. The van der Waals surface area contributed by atoms with Crippen LogP contribution in [0.3, 0.4) is 0 Å². The average Bonchev–Trinajstić information content (AvgIpc) is 2.92. The number of para-hydroxylation sites is 1. The normalized spacial score (nSPS) is 11.3. The van der Waals surface area contributed by atoms with E-state index in [-0.39, 0.29) is 49.8 Å². The number of hydrogen-bond acceptors (Lipinski definition) is 8. The predicted octanol–water partition coefficient (Wildman–Crippen LogP) is 5.64. The lowest BCUT2D eigenvalue weighted by Gasteiger charge is -2.09. The Balaban J connectivity index is 0.000000225. The molecule has 5 N–H and O–H groups in total. The topological polar surface area (TPSA) is 161 Å². The standard InChI is InChI=1S/C15H12N2O4S.C13H13NO3S/c1-9(16)12-7-10(3-5-14(12)18)21-22(20)11-4-6-15(19)13(8-11)17-2;1-10-9-12(7-8-13(10)15)18(16,17)14-11-5-3-2-4-6-11/h3-8,16,18-19H,1H3;2-9,14-15H,1H3. The van der Waals surface area contributed by atoms with Gasteiger partial charge in [-0.1, -0.05) is 18.2 Å². The van der Waals surface area contributed by atoms with E-state index >= 15 is 0 Å². The van der Waals surface area contributed by atoms with Crippen molar-refractivity contribution in [2.75, 3.05) is 4.72 Å². The Labute approximate surface area is 234 Å². The summed E-state index contributed by atoms with van der Waals surface area (Å²) in [6.07, 6.45) is 0. The molecule has 0 amide bonds. The van der Waals surface area contributed by atoms with Gasteiger partial charge in [0.05, 0.1) is 16.4 Å². The van der Waals surface area contributed by atoms with Gasteiger partial charge in [0.25, 0.3) is 10.0 Å². The van der Waals surface area contributed by atoms with E-state index in [2.05, 4.69) is 9.57 Å². The zero-order valence-corrected chi connectivity index (χ0v) is 23.0. The van der Waals surface area contributed by atoms with E-state index in [9.17, 15) is 27.9 Å². The second-order valence-electron chi connectivity index (χ2n) is 8.30. The first-order chi connectivity index (χ1) is 18.9. The monoisotopic (exact) mass is 579 g/mol. The number of sulfonamides is 1. The molecule has 0 saturated carbocycles. The van der Waals surface area contributed by atoms with E-state index in [0.29, 0.717) is 11.3 Å². The van der Waals surface area contributed by atoms with Gasteiger partial charge in [0.15, 0.2) is 0 Å². The van der Waals surface area contributed by atoms with Gasteiger partial charge in [0, 0.05) is 17.0 Å². The first-order valence-electron chi connectivity index (χ1n) is 11.5. The molecular weight excluding hydrogens is 554 g/mol. The van der Waals surface area contributed by atoms with Gasteiger partial charge in [0.1, 0.15) is 23.0 Å². The van der Waals surface area contributed by atoms with Gasteiger partial charge in [-0.2, -0.15) is 0 Å². The van der Waals surface area contributed by atoms with Gasteiger partial charge < -0.3 is 24.9 Å². The van der Waals surface area contributed by atoms with Crippen molar-refractivity contribution in [1.29, 1.82) is 5.41 Å². The molecule has 4 aromatic carbocycles. The van der Waals surface area contributed by atoms with Gasteiger partial charge in [-0.25, -0.2) is 17.5 Å². The summed E-state index contributed by atoms with van der Waals surface area (Å²) in [5, 5.41) is 36.0. The number of nitrogens with one attached hydrogen (secondary N) is 2. The number of anilines is 1. The highest BCUT2D eigenvalue weighted by Crippen LogP contribution is 2.30. The molecule has 1 atom stereocenters. The van der Waals surface area contributed by atoms with Crippen LogP contribution in [0.4, 0.5) is 11.4 Å². The Hall–Kier alpha value is -4.86. The average molecular weight is 580 g/mol. The molecule has 4 aromatic rings. The van der Waals surface area contributed by atoms with Crippen LogP contribution in [0.1, 0.15) is 18.1 Å². The fourth-order valence-corrected chi connectivity index (χ4v) is 5.12. The summed E-state index contributed by atoms with van der Waals surface area (Å²) in [6, 6.07) is 20.9. The van der Waals surface area contributed by atoms with E-state index in [1.54, 1.807) is 31.2 Å². The van der Waals surface area contributed by atoms with E-state index < -0.39 is 21.1 Å². The summed E-state index contributed by atoms with van der Waals surface area (Å²) < 4.78 is 44.0. The highest BCUT2D eigenvalue weighted by molar-refractivity contribution is 7.92. The van der Waals surface area contributed by atoms with Gasteiger partial charge in [0.2, 0.25) is 16.8 Å². The number of aromatic hydroxyl groups is 3. The summed E-state index contributed by atoms with van der Waals surface area (Å²) >= 11 is -1.89. The Morgan fingerprint density at radius 3 is 2.20 bits per heavy atom. The fraction of sp³-hybridized carbons (Fsp3) is 0.0714. The van der Waals surface area contributed by atoms with Crippen molar-refractivity contribution in [1.82, 2.24) is 0 Å². The Bertz CT molecular complexity index is 1720. The number of hydrogen-bond donors (Lipinski definition) is 5. The number of aryl methyl sites for hydroxylation is 1. The highest BCUT2D eigenvalue weighted by atomic mass is 32.2. The highest BCUT2D eigenvalue weighted by Gasteiger charge is 2.15. The summed E-state index contributed by atoms with van der Waals surface area (Å²) in [4.78, 5) is 3.47. The molecule has 0 fully saturated rings. The van der Waals surface area contributed by atoms with Crippen molar-refractivity contribution in [3.63, 3.8) is 0 Å². The van der Waals surface area contributed by atoms with Crippen molar-refractivity contribution in [3.05, 3.63) is 107 Å². The zero-order valence-electron chi connectivity index (χ0n) is 21.3. The van der Waals surface area contributed by atoms with E-state index in [4.69, 9.17) is 16.2 Å². The largest absolute Gasteiger partial charge is 0.519 e. The Morgan fingerprint density at radius 1 is 0.925 bits per heavy atom. The van der Waals surface area contributed by atoms with Crippen LogP contribution in [0.5, 0.6) is 23.0 Å². The SMILES string of the molecule is Cc1cc(S(=O)(=O)Nc2ccccc2)ccc1O.[C-]#[N+]c1cc(S(=O)Oc2ccc(O)c(C(C)=N)c2)ccc1O. The maximum absolute atomic E-state index is 12.1. The first kappa shape index (κ1) is 29.7. The van der Waals surface area contributed by atoms with E-state index in [0.717, 1.165) is 0 Å². The second kappa shape index (κ2) is 12.8. The molecular formula is C28H25N3O7S2. The fourth-order valence-electron chi connectivity index (χ4n) is 3.21. The van der Waals surface area contributed by atoms with Crippen molar-refractivity contribution in [2.24, 2.45) is 0 Å². The molecule has 0 radical (unpaired) electrons. The molecule has 10 nitrogen and oxygen atoms in total. The van der Waals surface area contributed by atoms with Crippen molar-refractivity contribution in [3.8, 4) is 23.0 Å².